The topological polar surface area (TPSA) is 21.3 Å². The molecule has 90 valence electrons. The summed E-state index contributed by atoms with van der Waals surface area (Å²) in [6.07, 6.45) is 9.50. The second kappa shape index (κ2) is 8.12. The first kappa shape index (κ1) is 13.0. The van der Waals surface area contributed by atoms with Crippen LogP contribution in [0.1, 0.15) is 58.8 Å². The van der Waals surface area contributed by atoms with Crippen molar-refractivity contribution in [2.24, 2.45) is 0 Å². The van der Waals surface area contributed by atoms with Crippen molar-refractivity contribution in [1.82, 2.24) is 5.32 Å². The van der Waals surface area contributed by atoms with Crippen molar-refractivity contribution in [1.29, 1.82) is 0 Å². The summed E-state index contributed by atoms with van der Waals surface area (Å²) < 4.78 is 5.66. The molecule has 0 saturated carbocycles. The molecule has 1 fully saturated rings. The molecule has 1 saturated heterocycles. The summed E-state index contributed by atoms with van der Waals surface area (Å²) >= 11 is 0. The number of ether oxygens (including phenoxy) is 1. The quantitative estimate of drug-likeness (QED) is 0.656. The zero-order valence-electron chi connectivity index (χ0n) is 10.4. The third kappa shape index (κ3) is 5.53. The average molecular weight is 213 g/mol. The SMILES string of the molecule is CCCCCCNC1CCOC(CC)C1. The molecule has 2 atom stereocenters. The van der Waals surface area contributed by atoms with Crippen LogP contribution in [-0.4, -0.2) is 25.3 Å². The van der Waals surface area contributed by atoms with Crippen molar-refractivity contribution in [3.8, 4) is 0 Å². The Bertz CT molecular complexity index is 149. The second-order valence-corrected chi connectivity index (χ2v) is 4.64. The van der Waals surface area contributed by atoms with E-state index >= 15 is 0 Å². The number of nitrogens with one attached hydrogen (secondary N) is 1. The van der Waals surface area contributed by atoms with Crippen LogP contribution in [0.25, 0.3) is 0 Å². The normalized spacial score (nSPS) is 26.8. The van der Waals surface area contributed by atoms with Gasteiger partial charge in [-0.1, -0.05) is 33.1 Å². The van der Waals surface area contributed by atoms with Gasteiger partial charge in [0.2, 0.25) is 0 Å². The summed E-state index contributed by atoms with van der Waals surface area (Å²) in [6, 6.07) is 0.713. The van der Waals surface area contributed by atoms with E-state index in [0.29, 0.717) is 12.1 Å². The van der Waals surface area contributed by atoms with Gasteiger partial charge in [0, 0.05) is 12.6 Å². The number of hydrogen-bond acceptors (Lipinski definition) is 2. The van der Waals surface area contributed by atoms with Crippen LogP contribution in [0.5, 0.6) is 0 Å². The lowest BCUT2D eigenvalue weighted by Crippen LogP contribution is -2.39. The Balaban J connectivity index is 2.00. The minimum Gasteiger partial charge on any atom is -0.378 e. The van der Waals surface area contributed by atoms with Crippen molar-refractivity contribution in [2.75, 3.05) is 13.2 Å². The van der Waals surface area contributed by atoms with Gasteiger partial charge in [-0.05, 0) is 32.2 Å². The van der Waals surface area contributed by atoms with Gasteiger partial charge in [0.15, 0.2) is 0 Å². The standard InChI is InChI=1S/C13H27NO/c1-3-5-6-7-9-14-12-8-10-15-13(4-2)11-12/h12-14H,3-11H2,1-2H3. The fourth-order valence-corrected chi connectivity index (χ4v) is 2.21. The Kier molecular flexibility index (Phi) is 7.03. The lowest BCUT2D eigenvalue weighted by molar-refractivity contribution is 0.0000000811. The molecule has 2 unspecified atom stereocenters. The Morgan fingerprint density at radius 2 is 2.07 bits per heavy atom. The van der Waals surface area contributed by atoms with Gasteiger partial charge >= 0.3 is 0 Å². The van der Waals surface area contributed by atoms with Crippen LogP contribution < -0.4 is 5.32 Å². The molecule has 0 spiro atoms. The van der Waals surface area contributed by atoms with Gasteiger partial charge < -0.3 is 10.1 Å². The molecule has 2 heteroatoms. The molecule has 0 aromatic carbocycles. The molecule has 0 amide bonds. The maximum atomic E-state index is 5.66. The van der Waals surface area contributed by atoms with Crippen LogP contribution in [0.3, 0.4) is 0 Å². The first-order valence-corrected chi connectivity index (χ1v) is 6.71. The molecular weight excluding hydrogens is 186 g/mol. The van der Waals surface area contributed by atoms with Crippen molar-refractivity contribution < 1.29 is 4.74 Å². The van der Waals surface area contributed by atoms with Crippen LogP contribution in [0.15, 0.2) is 0 Å². The first-order chi connectivity index (χ1) is 7.36. The summed E-state index contributed by atoms with van der Waals surface area (Å²) in [5, 5.41) is 3.66. The second-order valence-electron chi connectivity index (χ2n) is 4.64. The lowest BCUT2D eigenvalue weighted by atomic mass is 10.0. The van der Waals surface area contributed by atoms with Crippen molar-refractivity contribution >= 4 is 0 Å². The van der Waals surface area contributed by atoms with Crippen LogP contribution in [0.2, 0.25) is 0 Å². The van der Waals surface area contributed by atoms with Crippen LogP contribution in [0, 0.1) is 0 Å². The molecule has 2 nitrogen and oxygen atoms in total. The van der Waals surface area contributed by atoms with E-state index in [9.17, 15) is 0 Å². The number of unbranched alkanes of at least 4 members (excludes halogenated alkanes) is 3. The summed E-state index contributed by atoms with van der Waals surface area (Å²) in [6.45, 7) is 6.62. The molecule has 0 aromatic rings. The van der Waals surface area contributed by atoms with Crippen LogP contribution in [-0.2, 0) is 4.74 Å². The molecule has 1 heterocycles. The largest absolute Gasteiger partial charge is 0.378 e. The molecule has 1 N–H and O–H groups in total. The van der Waals surface area contributed by atoms with E-state index in [2.05, 4.69) is 19.2 Å². The molecule has 0 aliphatic carbocycles. The molecule has 1 aliphatic rings. The van der Waals surface area contributed by atoms with E-state index < -0.39 is 0 Å². The van der Waals surface area contributed by atoms with Gasteiger partial charge in [-0.3, -0.25) is 0 Å². The maximum Gasteiger partial charge on any atom is 0.0587 e. The predicted octanol–water partition coefficient (Wildman–Crippen LogP) is 3.11. The van der Waals surface area contributed by atoms with Crippen LogP contribution in [0.4, 0.5) is 0 Å². The highest BCUT2D eigenvalue weighted by Gasteiger charge is 2.20. The third-order valence-corrected chi connectivity index (χ3v) is 3.29. The first-order valence-electron chi connectivity index (χ1n) is 6.71. The number of rotatable bonds is 7. The van der Waals surface area contributed by atoms with Crippen molar-refractivity contribution in [3.63, 3.8) is 0 Å². The van der Waals surface area contributed by atoms with E-state index in [1.807, 2.05) is 0 Å². The third-order valence-electron chi connectivity index (χ3n) is 3.29. The smallest absolute Gasteiger partial charge is 0.0587 e. The van der Waals surface area contributed by atoms with Gasteiger partial charge in [0.05, 0.1) is 6.10 Å². The van der Waals surface area contributed by atoms with Crippen molar-refractivity contribution in [3.05, 3.63) is 0 Å². The molecule has 1 rings (SSSR count). The van der Waals surface area contributed by atoms with Crippen molar-refractivity contribution in [2.45, 2.75) is 70.9 Å². The van der Waals surface area contributed by atoms with Gasteiger partial charge in [-0.25, -0.2) is 0 Å². The van der Waals surface area contributed by atoms with Gasteiger partial charge in [-0.15, -0.1) is 0 Å². The predicted molar refractivity (Wildman–Crippen MR) is 65.2 cm³/mol. The molecule has 1 aliphatic heterocycles. The Hall–Kier alpha value is -0.0800. The van der Waals surface area contributed by atoms with E-state index in [1.165, 1.54) is 45.1 Å². The summed E-state index contributed by atoms with van der Waals surface area (Å²) in [4.78, 5) is 0. The Morgan fingerprint density at radius 3 is 2.80 bits per heavy atom. The van der Waals surface area contributed by atoms with E-state index in [1.54, 1.807) is 0 Å². The minimum atomic E-state index is 0.506. The average Bonchev–Trinajstić information content (AvgIpc) is 2.29. The minimum absolute atomic E-state index is 0.506. The summed E-state index contributed by atoms with van der Waals surface area (Å²) in [5.74, 6) is 0. The molecule has 15 heavy (non-hydrogen) atoms. The number of hydrogen-bond donors (Lipinski definition) is 1. The monoisotopic (exact) mass is 213 g/mol. The zero-order valence-corrected chi connectivity index (χ0v) is 10.4. The van der Waals surface area contributed by atoms with Crippen LogP contribution >= 0.6 is 0 Å². The molecular formula is C13H27NO. The molecule has 0 aromatic heterocycles. The van der Waals surface area contributed by atoms with Gasteiger partial charge in [0.1, 0.15) is 0 Å². The van der Waals surface area contributed by atoms with Gasteiger partial charge in [0.25, 0.3) is 0 Å². The summed E-state index contributed by atoms with van der Waals surface area (Å²) in [7, 11) is 0. The van der Waals surface area contributed by atoms with E-state index in [0.717, 1.165) is 13.0 Å². The zero-order chi connectivity index (χ0) is 10.9. The highest BCUT2D eigenvalue weighted by molar-refractivity contribution is 4.75. The Labute approximate surface area is 94.8 Å². The molecule has 0 bridgehead atoms. The maximum absolute atomic E-state index is 5.66. The highest BCUT2D eigenvalue weighted by atomic mass is 16.5. The molecule has 0 radical (unpaired) electrons. The Morgan fingerprint density at radius 1 is 1.20 bits per heavy atom. The lowest BCUT2D eigenvalue weighted by Gasteiger charge is -2.29. The fourth-order valence-electron chi connectivity index (χ4n) is 2.21. The fraction of sp³-hybridized carbons (Fsp3) is 1.00. The van der Waals surface area contributed by atoms with E-state index in [4.69, 9.17) is 4.74 Å². The highest BCUT2D eigenvalue weighted by Crippen LogP contribution is 2.16. The van der Waals surface area contributed by atoms with Gasteiger partial charge in [-0.2, -0.15) is 0 Å². The van der Waals surface area contributed by atoms with E-state index in [-0.39, 0.29) is 0 Å². The summed E-state index contributed by atoms with van der Waals surface area (Å²) in [5.41, 5.74) is 0.